The number of amides is 1. The summed E-state index contributed by atoms with van der Waals surface area (Å²) < 4.78 is 9.69. The maximum absolute atomic E-state index is 13.0. The molecule has 0 radical (unpaired) electrons. The summed E-state index contributed by atoms with van der Waals surface area (Å²) in [5.74, 6) is -0.194. The molecule has 0 saturated heterocycles. The van der Waals surface area contributed by atoms with Crippen molar-refractivity contribution >= 4 is 30.7 Å². The Morgan fingerprint density at radius 3 is 1.77 bits per heavy atom. The first-order valence-corrected chi connectivity index (χ1v) is 17.8. The molecule has 0 fully saturated rings. The Balaban J connectivity index is 5.33. The van der Waals surface area contributed by atoms with Crippen LogP contribution in [0.15, 0.2) is 0 Å². The van der Waals surface area contributed by atoms with Crippen LogP contribution in [-0.4, -0.2) is 43.3 Å². The molecule has 26 heavy (non-hydrogen) atoms. The van der Waals surface area contributed by atoms with Crippen LogP contribution in [0.5, 0.6) is 0 Å². The van der Waals surface area contributed by atoms with Gasteiger partial charge < -0.3 is 0 Å². The van der Waals surface area contributed by atoms with E-state index in [-0.39, 0.29) is 18.4 Å². The fourth-order valence-electron chi connectivity index (χ4n) is 3.25. The molecule has 0 aliphatic heterocycles. The summed E-state index contributed by atoms with van der Waals surface area (Å²) in [6.07, 6.45) is 7.42. The first-order valence-electron chi connectivity index (χ1n) is 10.6. The number of carbonyl (C=O) groups excluding carboxylic acids is 2. The minimum atomic E-state index is -3.01. The van der Waals surface area contributed by atoms with E-state index < -0.39 is 24.8 Å². The number of nitrogens with one attached hydrogen (secondary N) is 1. The Morgan fingerprint density at radius 2 is 1.42 bits per heavy atom. The molecule has 154 valence electrons. The zero-order chi connectivity index (χ0) is 20.0. The molecule has 0 aromatic rings. The fourth-order valence-corrected chi connectivity index (χ4v) is 16.4. The second-order valence-electron chi connectivity index (χ2n) is 7.87. The Bertz CT molecular complexity index is 381. The molecule has 3 N–H and O–H groups in total. The van der Waals surface area contributed by atoms with E-state index in [1.165, 1.54) is 0 Å². The van der Waals surface area contributed by atoms with Gasteiger partial charge in [-0.1, -0.05) is 0 Å². The molecule has 0 aromatic heterocycles. The van der Waals surface area contributed by atoms with E-state index in [1.54, 1.807) is 0 Å². The summed E-state index contributed by atoms with van der Waals surface area (Å²) in [6.45, 7) is 10.6. The molecule has 0 aliphatic carbocycles. The van der Waals surface area contributed by atoms with E-state index in [9.17, 15) is 9.59 Å². The zero-order valence-electron chi connectivity index (χ0n) is 17.7. The summed E-state index contributed by atoms with van der Waals surface area (Å²) in [5, 5.41) is 2.78. The maximum atomic E-state index is 13.0. The van der Waals surface area contributed by atoms with Gasteiger partial charge in [0.05, 0.1) is 0 Å². The molecule has 0 aromatic carbocycles. The van der Waals surface area contributed by atoms with Crippen molar-refractivity contribution in [1.82, 2.24) is 5.32 Å². The van der Waals surface area contributed by atoms with Gasteiger partial charge in [-0.25, -0.2) is 0 Å². The molecule has 1 amide bonds. The van der Waals surface area contributed by atoms with E-state index in [0.717, 1.165) is 51.8 Å². The summed E-state index contributed by atoms with van der Waals surface area (Å²) in [6, 6.07) is -0.563. The van der Waals surface area contributed by atoms with Crippen molar-refractivity contribution in [3.8, 4) is 0 Å². The SMILES string of the molecule is CCC[CH2][Sn]([CH2]CCC)([CH2]CCC)[O]C(=O)[C@@H](CC(C)C)NC(=O)CN. The van der Waals surface area contributed by atoms with Gasteiger partial charge >= 0.3 is 166 Å². The van der Waals surface area contributed by atoms with Crippen LogP contribution in [0, 0.1) is 5.92 Å². The van der Waals surface area contributed by atoms with E-state index in [4.69, 9.17) is 8.81 Å². The Hall–Kier alpha value is -0.301. The molecular weight excluding hydrogens is 435 g/mol. The average Bonchev–Trinajstić information content (AvgIpc) is 2.61. The van der Waals surface area contributed by atoms with Crippen LogP contribution in [0.2, 0.25) is 13.3 Å². The minimum absolute atomic E-state index is 0.0994. The van der Waals surface area contributed by atoms with Gasteiger partial charge in [0.2, 0.25) is 0 Å². The Labute approximate surface area is 165 Å². The molecule has 6 heteroatoms. The van der Waals surface area contributed by atoms with E-state index in [1.807, 2.05) is 0 Å². The van der Waals surface area contributed by atoms with Gasteiger partial charge in [-0.05, 0) is 0 Å². The number of carbonyl (C=O) groups is 2. The number of rotatable bonds is 15. The average molecular weight is 477 g/mol. The summed E-state index contributed by atoms with van der Waals surface area (Å²) in [4.78, 5) is 24.8. The zero-order valence-corrected chi connectivity index (χ0v) is 20.6. The molecule has 0 spiro atoms. The van der Waals surface area contributed by atoms with Gasteiger partial charge in [-0.2, -0.15) is 0 Å². The Morgan fingerprint density at radius 1 is 0.962 bits per heavy atom. The van der Waals surface area contributed by atoms with Crippen LogP contribution >= 0.6 is 0 Å². The number of nitrogens with two attached hydrogens (primary N) is 1. The van der Waals surface area contributed by atoms with Gasteiger partial charge in [-0.3, -0.25) is 0 Å². The van der Waals surface area contributed by atoms with Gasteiger partial charge in [-0.15, -0.1) is 0 Å². The van der Waals surface area contributed by atoms with E-state index in [0.29, 0.717) is 12.3 Å². The third-order valence-corrected chi connectivity index (χ3v) is 17.4. The quantitative estimate of drug-likeness (QED) is 0.344. The summed E-state index contributed by atoms with van der Waals surface area (Å²) >= 11 is -3.01. The van der Waals surface area contributed by atoms with Gasteiger partial charge in [0.15, 0.2) is 0 Å². The van der Waals surface area contributed by atoms with E-state index in [2.05, 4.69) is 39.9 Å². The monoisotopic (exact) mass is 478 g/mol. The third kappa shape index (κ3) is 10.8. The van der Waals surface area contributed by atoms with Crippen LogP contribution in [0.1, 0.15) is 79.6 Å². The third-order valence-electron chi connectivity index (χ3n) is 4.79. The molecular formula is C20H42N2O3Sn. The molecule has 0 unspecified atom stereocenters. The number of hydrogen-bond donors (Lipinski definition) is 2. The molecule has 0 aliphatic rings. The van der Waals surface area contributed by atoms with Crippen LogP contribution in [0.3, 0.4) is 0 Å². The fraction of sp³-hybridized carbons (Fsp3) is 0.900. The normalized spacial score (nSPS) is 12.9. The van der Waals surface area contributed by atoms with Crippen molar-refractivity contribution in [2.24, 2.45) is 11.7 Å². The first-order chi connectivity index (χ1) is 12.3. The predicted molar refractivity (Wildman–Crippen MR) is 111 cm³/mol. The van der Waals surface area contributed by atoms with Crippen LogP contribution in [-0.2, 0) is 12.7 Å². The predicted octanol–water partition coefficient (Wildman–Crippen LogP) is 4.37. The van der Waals surface area contributed by atoms with Crippen molar-refractivity contribution in [2.75, 3.05) is 6.54 Å². The molecule has 0 rings (SSSR count). The van der Waals surface area contributed by atoms with Crippen molar-refractivity contribution in [3.05, 3.63) is 0 Å². The van der Waals surface area contributed by atoms with Crippen LogP contribution < -0.4 is 11.1 Å². The molecule has 0 bridgehead atoms. The topological polar surface area (TPSA) is 81.4 Å². The van der Waals surface area contributed by atoms with E-state index >= 15 is 0 Å². The number of hydrogen-bond acceptors (Lipinski definition) is 4. The molecule has 0 heterocycles. The molecule has 0 saturated carbocycles. The van der Waals surface area contributed by atoms with Crippen molar-refractivity contribution in [1.29, 1.82) is 0 Å². The van der Waals surface area contributed by atoms with Gasteiger partial charge in [0, 0.05) is 0 Å². The Kier molecular flexibility index (Phi) is 14.5. The van der Waals surface area contributed by atoms with Crippen LogP contribution in [0.25, 0.3) is 0 Å². The van der Waals surface area contributed by atoms with Gasteiger partial charge in [0.1, 0.15) is 0 Å². The van der Waals surface area contributed by atoms with Crippen molar-refractivity contribution in [3.63, 3.8) is 0 Å². The van der Waals surface area contributed by atoms with Crippen LogP contribution in [0.4, 0.5) is 0 Å². The molecule has 1 atom stereocenters. The molecule has 5 nitrogen and oxygen atoms in total. The second-order valence-corrected chi connectivity index (χ2v) is 19.5. The van der Waals surface area contributed by atoms with Crippen molar-refractivity contribution in [2.45, 2.75) is 98.9 Å². The second kappa shape index (κ2) is 14.7. The summed E-state index contributed by atoms with van der Waals surface area (Å²) in [7, 11) is 0. The standard InChI is InChI=1S/C8H16N2O3.3C4H9.Sn/c1-5(2)3-6(8(12)13)10-7(11)4-9;3*1-3-4-2;/h5-6H,3-4,9H2,1-2H3,(H,10,11)(H,12,13);3*1,3-4H2,2H3;/q;;;;+1/p-1/t6-;;;;/m1..../s1. The number of unbranched alkanes of at least 4 members (excludes halogenated alkanes) is 3. The first kappa shape index (κ1) is 25.7. The van der Waals surface area contributed by atoms with Gasteiger partial charge in [0.25, 0.3) is 0 Å². The summed E-state index contributed by atoms with van der Waals surface area (Å²) in [5.41, 5.74) is 5.42. The van der Waals surface area contributed by atoms with Crippen molar-refractivity contribution < 1.29 is 12.7 Å².